The highest BCUT2D eigenvalue weighted by molar-refractivity contribution is 5.80. The number of nitrogens with zero attached hydrogens (tertiary/aromatic N) is 1. The van der Waals surface area contributed by atoms with Crippen LogP contribution in [0.15, 0.2) is 0 Å². The van der Waals surface area contributed by atoms with E-state index in [9.17, 15) is 4.79 Å². The lowest BCUT2D eigenvalue weighted by molar-refractivity contribution is -0.130. The number of hydrogen-bond donors (Lipinski definition) is 0. The second-order valence-electron chi connectivity index (χ2n) is 2.12. The molecule has 0 aromatic rings. The fourth-order valence-corrected chi connectivity index (χ4v) is 0.459. The molecule has 1 unspecified atom stereocenters. The molecular weight excluding hydrogens is 114 g/mol. The predicted molar refractivity (Wildman–Crippen MR) is 36.7 cm³/mol. The molecule has 0 saturated carbocycles. The first-order valence-electron chi connectivity index (χ1n) is 2.77. The van der Waals surface area contributed by atoms with Crippen LogP contribution in [0.3, 0.4) is 0 Å². The second kappa shape index (κ2) is 3.13. The van der Waals surface area contributed by atoms with Gasteiger partial charge in [-0.25, -0.2) is 0 Å². The Balaban J connectivity index is 3.92. The summed E-state index contributed by atoms with van der Waals surface area (Å²) >= 11 is 0. The number of rotatable bonds is 1. The van der Waals surface area contributed by atoms with Crippen molar-refractivity contribution in [1.29, 1.82) is 0 Å². The first-order chi connectivity index (χ1) is 4.09. The topological polar surface area (TPSA) is 20.3 Å². The minimum atomic E-state index is -0.292. The van der Waals surface area contributed by atoms with Crippen LogP contribution in [0, 0.1) is 18.3 Å². The van der Waals surface area contributed by atoms with Gasteiger partial charge in [-0.15, -0.1) is 6.42 Å². The molecule has 9 heavy (non-hydrogen) atoms. The van der Waals surface area contributed by atoms with Gasteiger partial charge < -0.3 is 4.90 Å². The molecule has 0 N–H and O–H groups in total. The van der Waals surface area contributed by atoms with Crippen molar-refractivity contribution in [3.05, 3.63) is 0 Å². The van der Waals surface area contributed by atoms with Crippen molar-refractivity contribution in [2.75, 3.05) is 14.1 Å². The van der Waals surface area contributed by atoms with Crippen LogP contribution in [-0.4, -0.2) is 24.9 Å². The molecule has 2 heteroatoms. The van der Waals surface area contributed by atoms with Crippen LogP contribution in [0.1, 0.15) is 6.92 Å². The fraction of sp³-hybridized carbons (Fsp3) is 0.571. The van der Waals surface area contributed by atoms with E-state index in [1.165, 1.54) is 4.90 Å². The van der Waals surface area contributed by atoms with E-state index >= 15 is 0 Å². The summed E-state index contributed by atoms with van der Waals surface area (Å²) in [6, 6.07) is 0. The maximum atomic E-state index is 10.9. The highest BCUT2D eigenvalue weighted by Gasteiger charge is 2.09. The van der Waals surface area contributed by atoms with Gasteiger partial charge in [0.15, 0.2) is 0 Å². The zero-order valence-electron chi connectivity index (χ0n) is 6.01. The number of hydrogen-bond acceptors (Lipinski definition) is 1. The van der Waals surface area contributed by atoms with Crippen molar-refractivity contribution in [2.45, 2.75) is 6.92 Å². The third kappa shape index (κ3) is 2.18. The fourth-order valence-electron chi connectivity index (χ4n) is 0.459. The third-order valence-corrected chi connectivity index (χ3v) is 1.06. The Morgan fingerprint density at radius 2 is 2.11 bits per heavy atom. The third-order valence-electron chi connectivity index (χ3n) is 1.06. The van der Waals surface area contributed by atoms with E-state index in [0.29, 0.717) is 0 Å². The van der Waals surface area contributed by atoms with Crippen molar-refractivity contribution in [3.63, 3.8) is 0 Å². The number of carbonyl (C=O) groups excluding carboxylic acids is 1. The largest absolute Gasteiger partial charge is 0.348 e. The minimum Gasteiger partial charge on any atom is -0.348 e. The Hall–Kier alpha value is -0.970. The highest BCUT2D eigenvalue weighted by atomic mass is 16.2. The summed E-state index contributed by atoms with van der Waals surface area (Å²) in [4.78, 5) is 12.3. The van der Waals surface area contributed by atoms with Gasteiger partial charge in [-0.2, -0.15) is 0 Å². The average molecular weight is 125 g/mol. The molecule has 0 bridgehead atoms. The Morgan fingerprint density at radius 1 is 1.67 bits per heavy atom. The summed E-state index contributed by atoms with van der Waals surface area (Å²) in [6.45, 7) is 1.71. The Morgan fingerprint density at radius 3 is 2.22 bits per heavy atom. The number of amides is 1. The van der Waals surface area contributed by atoms with Crippen molar-refractivity contribution in [3.8, 4) is 12.3 Å². The van der Waals surface area contributed by atoms with Gasteiger partial charge >= 0.3 is 0 Å². The average Bonchev–Trinajstić information content (AvgIpc) is 1.84. The first-order valence-corrected chi connectivity index (χ1v) is 2.77. The summed E-state index contributed by atoms with van der Waals surface area (Å²) in [5.41, 5.74) is 0. The maximum absolute atomic E-state index is 10.9. The second-order valence-corrected chi connectivity index (χ2v) is 2.12. The predicted octanol–water partition coefficient (Wildman–Crippen LogP) is 0.344. The van der Waals surface area contributed by atoms with Crippen LogP contribution in [-0.2, 0) is 4.79 Å². The molecule has 2 nitrogen and oxygen atoms in total. The monoisotopic (exact) mass is 125 g/mol. The molecule has 0 aliphatic rings. The molecule has 0 aliphatic carbocycles. The Bertz CT molecular complexity index is 143. The molecule has 0 rings (SSSR count). The van der Waals surface area contributed by atoms with E-state index in [1.54, 1.807) is 21.0 Å². The van der Waals surface area contributed by atoms with Crippen LogP contribution in [0.2, 0.25) is 0 Å². The molecule has 50 valence electrons. The SMILES string of the molecule is C#CC(C)C(=O)N(C)C. The molecule has 0 heterocycles. The van der Waals surface area contributed by atoms with Crippen molar-refractivity contribution in [1.82, 2.24) is 4.90 Å². The van der Waals surface area contributed by atoms with Gasteiger partial charge in [-0.1, -0.05) is 5.92 Å². The minimum absolute atomic E-state index is 0.0162. The number of carbonyl (C=O) groups is 1. The number of terminal acetylenes is 1. The first kappa shape index (κ1) is 8.03. The Labute approximate surface area is 55.8 Å². The van der Waals surface area contributed by atoms with E-state index in [-0.39, 0.29) is 11.8 Å². The summed E-state index contributed by atoms with van der Waals surface area (Å²) in [5, 5.41) is 0. The molecule has 0 aromatic carbocycles. The van der Waals surface area contributed by atoms with Crippen LogP contribution in [0.5, 0.6) is 0 Å². The normalized spacial score (nSPS) is 11.8. The van der Waals surface area contributed by atoms with Gasteiger partial charge in [0.05, 0.1) is 5.92 Å². The lowest BCUT2D eigenvalue weighted by atomic mass is 10.2. The zero-order chi connectivity index (χ0) is 7.44. The molecule has 0 aliphatic heterocycles. The lowest BCUT2D eigenvalue weighted by Gasteiger charge is -2.11. The molecule has 0 fully saturated rings. The quantitative estimate of drug-likeness (QED) is 0.463. The molecule has 0 spiro atoms. The molecule has 0 aromatic heterocycles. The van der Waals surface area contributed by atoms with Crippen molar-refractivity contribution < 1.29 is 4.79 Å². The maximum Gasteiger partial charge on any atom is 0.236 e. The van der Waals surface area contributed by atoms with E-state index in [0.717, 1.165) is 0 Å². The van der Waals surface area contributed by atoms with Crippen LogP contribution in [0.4, 0.5) is 0 Å². The van der Waals surface area contributed by atoms with Gasteiger partial charge in [-0.05, 0) is 6.92 Å². The summed E-state index contributed by atoms with van der Waals surface area (Å²) in [5.74, 6) is 2.05. The van der Waals surface area contributed by atoms with Crippen molar-refractivity contribution in [2.24, 2.45) is 5.92 Å². The molecule has 0 radical (unpaired) electrons. The lowest BCUT2D eigenvalue weighted by Crippen LogP contribution is -2.26. The highest BCUT2D eigenvalue weighted by Crippen LogP contribution is 1.94. The van der Waals surface area contributed by atoms with Gasteiger partial charge in [0, 0.05) is 14.1 Å². The Kier molecular flexibility index (Phi) is 2.80. The summed E-state index contributed by atoms with van der Waals surface area (Å²) < 4.78 is 0. The van der Waals surface area contributed by atoms with Gasteiger partial charge in [0.25, 0.3) is 0 Å². The standard InChI is InChI=1S/C7H11NO/c1-5-6(2)7(9)8(3)4/h1,6H,2-4H3. The van der Waals surface area contributed by atoms with E-state index < -0.39 is 0 Å². The molecular formula is C7H11NO. The van der Waals surface area contributed by atoms with Gasteiger partial charge in [-0.3, -0.25) is 4.79 Å². The van der Waals surface area contributed by atoms with Crippen LogP contribution in [0.25, 0.3) is 0 Å². The van der Waals surface area contributed by atoms with Gasteiger partial charge in [0.1, 0.15) is 0 Å². The summed E-state index contributed by atoms with van der Waals surface area (Å²) in [7, 11) is 3.38. The van der Waals surface area contributed by atoms with Crippen LogP contribution < -0.4 is 0 Å². The van der Waals surface area contributed by atoms with Gasteiger partial charge in [0.2, 0.25) is 5.91 Å². The molecule has 1 amide bonds. The van der Waals surface area contributed by atoms with Crippen molar-refractivity contribution >= 4 is 5.91 Å². The molecule has 0 saturated heterocycles. The van der Waals surface area contributed by atoms with E-state index in [4.69, 9.17) is 6.42 Å². The van der Waals surface area contributed by atoms with E-state index in [1.807, 2.05) is 0 Å². The molecule has 1 atom stereocenters. The van der Waals surface area contributed by atoms with E-state index in [2.05, 4.69) is 5.92 Å². The summed E-state index contributed by atoms with van der Waals surface area (Å²) in [6.07, 6.45) is 5.01. The zero-order valence-corrected chi connectivity index (χ0v) is 6.01. The smallest absolute Gasteiger partial charge is 0.236 e. The van der Waals surface area contributed by atoms with Crippen LogP contribution >= 0.6 is 0 Å².